The van der Waals surface area contributed by atoms with E-state index >= 15 is 0 Å². The molecular formula is C8H5ClF2N2O4. The normalized spacial score (nSPS) is 10.6. The Morgan fingerprint density at radius 2 is 2.24 bits per heavy atom. The van der Waals surface area contributed by atoms with Crippen molar-refractivity contribution in [2.45, 2.75) is 12.8 Å². The molecule has 1 rings (SSSR count). The second kappa shape index (κ2) is 5.00. The molecule has 0 spiro atoms. The molecule has 6 nitrogen and oxygen atoms in total. The van der Waals surface area contributed by atoms with E-state index in [0.717, 1.165) is 0 Å². The number of aliphatic carboxylic acids is 1. The minimum absolute atomic E-state index is 0.498. The Kier molecular flexibility index (Phi) is 3.89. The van der Waals surface area contributed by atoms with E-state index in [1.807, 2.05) is 0 Å². The van der Waals surface area contributed by atoms with E-state index in [0.29, 0.717) is 6.20 Å². The van der Waals surface area contributed by atoms with Crippen molar-refractivity contribution in [2.24, 2.45) is 0 Å². The number of hydrogen-bond acceptors (Lipinski definition) is 4. The molecule has 0 atom stereocenters. The molecule has 0 amide bonds. The summed E-state index contributed by atoms with van der Waals surface area (Å²) in [6, 6.07) is 0. The van der Waals surface area contributed by atoms with Crippen molar-refractivity contribution in [3.8, 4) is 0 Å². The Morgan fingerprint density at radius 1 is 1.65 bits per heavy atom. The van der Waals surface area contributed by atoms with Crippen LogP contribution in [-0.2, 0) is 11.2 Å². The summed E-state index contributed by atoms with van der Waals surface area (Å²) >= 11 is 5.43. The summed E-state index contributed by atoms with van der Waals surface area (Å²) in [6.45, 7) is 0. The zero-order chi connectivity index (χ0) is 13.2. The lowest BCUT2D eigenvalue weighted by molar-refractivity contribution is -0.390. The zero-order valence-electron chi connectivity index (χ0n) is 8.06. The molecule has 0 aliphatic rings. The summed E-state index contributed by atoms with van der Waals surface area (Å²) in [5.74, 6) is -2.41. The van der Waals surface area contributed by atoms with Crippen LogP contribution in [0, 0.1) is 10.1 Å². The number of halogens is 3. The minimum atomic E-state index is -3.11. The smallest absolute Gasteiger partial charge is 0.367 e. The lowest BCUT2D eigenvalue weighted by atomic mass is 10.1. The molecule has 17 heavy (non-hydrogen) atoms. The SMILES string of the molecule is O=C(O)Cc1c([N+](=O)[O-])ncc(Cl)c1C(F)F. The molecule has 1 aromatic rings. The summed E-state index contributed by atoms with van der Waals surface area (Å²) < 4.78 is 25.3. The van der Waals surface area contributed by atoms with Gasteiger partial charge in [0.2, 0.25) is 0 Å². The fraction of sp³-hybridized carbons (Fsp3) is 0.250. The van der Waals surface area contributed by atoms with Gasteiger partial charge in [-0.2, -0.15) is 0 Å². The largest absolute Gasteiger partial charge is 0.481 e. The van der Waals surface area contributed by atoms with Gasteiger partial charge in [0.1, 0.15) is 0 Å². The van der Waals surface area contributed by atoms with E-state index in [1.165, 1.54) is 0 Å². The topological polar surface area (TPSA) is 93.3 Å². The number of alkyl halides is 2. The lowest BCUT2D eigenvalue weighted by Crippen LogP contribution is -2.09. The molecule has 9 heteroatoms. The molecule has 0 bridgehead atoms. The lowest BCUT2D eigenvalue weighted by Gasteiger charge is -2.08. The van der Waals surface area contributed by atoms with Crippen LogP contribution in [0.25, 0.3) is 0 Å². The van der Waals surface area contributed by atoms with Crippen LogP contribution in [0.1, 0.15) is 17.6 Å². The van der Waals surface area contributed by atoms with E-state index in [4.69, 9.17) is 16.7 Å². The standard InChI is InChI=1S/C8H5ClF2N2O4/c9-4-2-12-8(13(16)17)3(1-5(14)15)6(4)7(10)11/h2,7H,1H2,(H,14,15). The average Bonchev–Trinajstić information content (AvgIpc) is 2.15. The maximum absolute atomic E-state index is 12.7. The first-order valence-electron chi connectivity index (χ1n) is 4.16. The van der Waals surface area contributed by atoms with E-state index < -0.39 is 45.7 Å². The second-order valence-corrected chi connectivity index (χ2v) is 3.36. The summed E-state index contributed by atoms with van der Waals surface area (Å²) in [5.41, 5.74) is -1.54. The van der Waals surface area contributed by atoms with Gasteiger partial charge in [0.15, 0.2) is 6.20 Å². The Hall–Kier alpha value is -1.83. The summed E-state index contributed by atoms with van der Waals surface area (Å²) in [5, 5.41) is 18.6. The number of pyridine rings is 1. The maximum atomic E-state index is 12.7. The summed E-state index contributed by atoms with van der Waals surface area (Å²) in [4.78, 5) is 23.3. The summed E-state index contributed by atoms with van der Waals surface area (Å²) in [6.07, 6.45) is -3.35. The molecular weight excluding hydrogens is 262 g/mol. The van der Waals surface area contributed by atoms with Gasteiger partial charge >= 0.3 is 11.8 Å². The van der Waals surface area contributed by atoms with Gasteiger partial charge in [-0.3, -0.25) is 4.79 Å². The molecule has 0 aromatic carbocycles. The fourth-order valence-corrected chi connectivity index (χ4v) is 1.49. The third kappa shape index (κ3) is 2.84. The van der Waals surface area contributed by atoms with Crippen LogP contribution in [0.4, 0.5) is 14.6 Å². The molecule has 0 saturated heterocycles. The first-order valence-corrected chi connectivity index (χ1v) is 4.54. The van der Waals surface area contributed by atoms with Crippen molar-refractivity contribution in [1.29, 1.82) is 0 Å². The number of carboxylic acid groups (broad SMARTS) is 1. The van der Waals surface area contributed by atoms with Crippen LogP contribution < -0.4 is 0 Å². The fourth-order valence-electron chi connectivity index (χ4n) is 1.25. The number of nitro groups is 1. The van der Waals surface area contributed by atoms with Crippen molar-refractivity contribution >= 4 is 23.4 Å². The number of hydrogen-bond donors (Lipinski definition) is 1. The monoisotopic (exact) mass is 266 g/mol. The molecule has 0 fully saturated rings. The van der Waals surface area contributed by atoms with Gasteiger partial charge in [-0.1, -0.05) is 11.6 Å². The molecule has 1 N–H and O–H groups in total. The van der Waals surface area contributed by atoms with Gasteiger partial charge in [-0.05, 0) is 9.91 Å². The number of nitrogens with zero attached hydrogens (tertiary/aromatic N) is 2. The van der Waals surface area contributed by atoms with Crippen LogP contribution in [-0.4, -0.2) is 21.0 Å². The van der Waals surface area contributed by atoms with Gasteiger partial charge < -0.3 is 15.2 Å². The van der Waals surface area contributed by atoms with Gasteiger partial charge in [0.05, 0.1) is 22.6 Å². The predicted octanol–water partition coefficient (Wildman–Crippen LogP) is 2.21. The number of carbonyl (C=O) groups is 1. The van der Waals surface area contributed by atoms with E-state index in [-0.39, 0.29) is 0 Å². The molecule has 0 unspecified atom stereocenters. The molecule has 1 aromatic heterocycles. The molecule has 0 saturated carbocycles. The van der Waals surface area contributed by atoms with Crippen LogP contribution >= 0.6 is 11.6 Å². The Labute approximate surface area is 98.0 Å². The van der Waals surface area contributed by atoms with E-state index in [2.05, 4.69) is 4.98 Å². The Bertz CT molecular complexity index is 481. The number of aromatic nitrogens is 1. The van der Waals surface area contributed by atoms with Crippen molar-refractivity contribution in [3.63, 3.8) is 0 Å². The zero-order valence-corrected chi connectivity index (χ0v) is 8.82. The quantitative estimate of drug-likeness (QED) is 0.666. The van der Waals surface area contributed by atoms with E-state index in [1.54, 1.807) is 0 Å². The predicted molar refractivity (Wildman–Crippen MR) is 52.2 cm³/mol. The number of rotatable bonds is 4. The molecule has 0 radical (unpaired) electrons. The first-order chi connectivity index (χ1) is 7.84. The highest BCUT2D eigenvalue weighted by atomic mass is 35.5. The number of carboxylic acids is 1. The van der Waals surface area contributed by atoms with Crippen molar-refractivity contribution < 1.29 is 23.6 Å². The second-order valence-electron chi connectivity index (χ2n) is 2.95. The molecule has 92 valence electrons. The van der Waals surface area contributed by atoms with Crippen molar-refractivity contribution in [1.82, 2.24) is 4.98 Å². The van der Waals surface area contributed by atoms with Crippen LogP contribution in [0.2, 0.25) is 5.02 Å². The first kappa shape index (κ1) is 13.2. The minimum Gasteiger partial charge on any atom is -0.481 e. The summed E-state index contributed by atoms with van der Waals surface area (Å²) in [7, 11) is 0. The van der Waals surface area contributed by atoms with Crippen molar-refractivity contribution in [3.05, 3.63) is 32.5 Å². The average molecular weight is 267 g/mol. The van der Waals surface area contributed by atoms with Crippen molar-refractivity contribution in [2.75, 3.05) is 0 Å². The van der Waals surface area contributed by atoms with E-state index in [9.17, 15) is 23.7 Å². The van der Waals surface area contributed by atoms with Gasteiger partial charge in [-0.25, -0.2) is 8.78 Å². The third-order valence-electron chi connectivity index (χ3n) is 1.87. The highest BCUT2D eigenvalue weighted by Gasteiger charge is 2.28. The third-order valence-corrected chi connectivity index (χ3v) is 2.17. The van der Waals surface area contributed by atoms with Gasteiger partial charge in [0.25, 0.3) is 6.43 Å². The maximum Gasteiger partial charge on any atom is 0.367 e. The van der Waals surface area contributed by atoms with Crippen LogP contribution in [0.5, 0.6) is 0 Å². The highest BCUT2D eigenvalue weighted by Crippen LogP contribution is 2.34. The Morgan fingerprint density at radius 3 is 2.65 bits per heavy atom. The molecule has 1 heterocycles. The molecule has 0 aliphatic heterocycles. The van der Waals surface area contributed by atoms with Crippen LogP contribution in [0.3, 0.4) is 0 Å². The van der Waals surface area contributed by atoms with Gasteiger partial charge in [0, 0.05) is 0 Å². The Balaban J connectivity index is 3.49. The van der Waals surface area contributed by atoms with Crippen LogP contribution in [0.15, 0.2) is 6.20 Å². The van der Waals surface area contributed by atoms with Gasteiger partial charge in [-0.15, -0.1) is 0 Å². The molecule has 0 aliphatic carbocycles. The highest BCUT2D eigenvalue weighted by molar-refractivity contribution is 6.31.